The molecule has 1 rings (SSSR count). The highest BCUT2D eigenvalue weighted by atomic mass is 16.5. The lowest BCUT2D eigenvalue weighted by atomic mass is 10.1. The Hall–Kier alpha value is -2.08. The minimum Gasteiger partial charge on any atom is -0.508 e. The number of phenols is 1. The molecule has 0 aliphatic carbocycles. The van der Waals surface area contributed by atoms with Crippen LogP contribution < -0.4 is 5.32 Å². The standard InChI is InChI=1S/C12H15NO5/c1-7-5-8(3-4-9(7)14)11(15)13-6-10(18-2)12(16)17/h3-5,10,14H,6H2,1-2H3,(H,13,15)(H,16,17). The van der Waals surface area contributed by atoms with Crippen molar-refractivity contribution < 1.29 is 24.5 Å². The maximum atomic E-state index is 11.7. The summed E-state index contributed by atoms with van der Waals surface area (Å²) >= 11 is 0. The molecule has 0 spiro atoms. The Labute approximate surface area is 104 Å². The van der Waals surface area contributed by atoms with E-state index in [4.69, 9.17) is 5.11 Å². The number of methoxy groups -OCH3 is 1. The van der Waals surface area contributed by atoms with E-state index in [9.17, 15) is 14.7 Å². The molecule has 1 atom stereocenters. The first-order valence-corrected chi connectivity index (χ1v) is 5.29. The molecule has 0 saturated carbocycles. The Morgan fingerprint density at radius 3 is 2.61 bits per heavy atom. The molecule has 6 nitrogen and oxygen atoms in total. The van der Waals surface area contributed by atoms with Crippen molar-refractivity contribution in [1.82, 2.24) is 5.32 Å². The number of hydrogen-bond acceptors (Lipinski definition) is 4. The van der Waals surface area contributed by atoms with Crippen LogP contribution in [0.25, 0.3) is 0 Å². The molecule has 0 aliphatic rings. The van der Waals surface area contributed by atoms with Crippen molar-refractivity contribution in [1.29, 1.82) is 0 Å². The Kier molecular flexibility index (Phi) is 4.67. The van der Waals surface area contributed by atoms with Gasteiger partial charge in [0, 0.05) is 12.7 Å². The molecule has 0 heterocycles. The summed E-state index contributed by atoms with van der Waals surface area (Å²) in [5.74, 6) is -1.45. The number of aryl methyl sites for hydroxylation is 1. The van der Waals surface area contributed by atoms with Crippen LogP contribution in [0.2, 0.25) is 0 Å². The van der Waals surface area contributed by atoms with Crippen LogP contribution >= 0.6 is 0 Å². The number of nitrogens with one attached hydrogen (secondary N) is 1. The predicted octanol–water partition coefficient (Wildman–Crippen LogP) is 0.530. The highest BCUT2D eigenvalue weighted by Gasteiger charge is 2.17. The first kappa shape index (κ1) is 14.0. The van der Waals surface area contributed by atoms with Gasteiger partial charge in [-0.2, -0.15) is 0 Å². The average Bonchev–Trinajstić information content (AvgIpc) is 2.32. The number of rotatable bonds is 5. The van der Waals surface area contributed by atoms with E-state index in [2.05, 4.69) is 10.1 Å². The molecule has 1 unspecified atom stereocenters. The maximum absolute atomic E-state index is 11.7. The molecule has 1 amide bonds. The molecule has 0 radical (unpaired) electrons. The van der Waals surface area contributed by atoms with E-state index in [1.165, 1.54) is 25.3 Å². The maximum Gasteiger partial charge on any atom is 0.334 e. The van der Waals surface area contributed by atoms with Crippen molar-refractivity contribution in [2.24, 2.45) is 0 Å². The lowest BCUT2D eigenvalue weighted by molar-refractivity contribution is -0.148. The van der Waals surface area contributed by atoms with Gasteiger partial charge in [-0.25, -0.2) is 4.79 Å². The van der Waals surface area contributed by atoms with Gasteiger partial charge in [-0.05, 0) is 30.7 Å². The molecular formula is C12H15NO5. The van der Waals surface area contributed by atoms with Crippen LogP contribution in [0.4, 0.5) is 0 Å². The number of aliphatic carboxylic acids is 1. The molecule has 0 fully saturated rings. The molecule has 1 aromatic carbocycles. The van der Waals surface area contributed by atoms with Crippen LogP contribution in [0.1, 0.15) is 15.9 Å². The molecule has 6 heteroatoms. The van der Waals surface area contributed by atoms with Gasteiger partial charge in [0.05, 0.1) is 6.54 Å². The van der Waals surface area contributed by atoms with Crippen molar-refractivity contribution >= 4 is 11.9 Å². The van der Waals surface area contributed by atoms with Crippen LogP contribution in [0.15, 0.2) is 18.2 Å². The van der Waals surface area contributed by atoms with Crippen molar-refractivity contribution in [3.05, 3.63) is 29.3 Å². The van der Waals surface area contributed by atoms with E-state index >= 15 is 0 Å². The fourth-order valence-corrected chi connectivity index (χ4v) is 1.36. The van der Waals surface area contributed by atoms with E-state index in [-0.39, 0.29) is 12.3 Å². The summed E-state index contributed by atoms with van der Waals surface area (Å²) in [6.45, 7) is 1.55. The van der Waals surface area contributed by atoms with Gasteiger partial charge in [-0.1, -0.05) is 0 Å². The van der Waals surface area contributed by atoms with Gasteiger partial charge in [-0.15, -0.1) is 0 Å². The van der Waals surface area contributed by atoms with Crippen LogP contribution in [-0.2, 0) is 9.53 Å². The number of carboxylic acid groups (broad SMARTS) is 1. The first-order valence-electron chi connectivity index (χ1n) is 5.29. The summed E-state index contributed by atoms with van der Waals surface area (Å²) in [5, 5.41) is 20.5. The van der Waals surface area contributed by atoms with E-state index < -0.39 is 18.0 Å². The summed E-state index contributed by atoms with van der Waals surface area (Å²) in [6.07, 6.45) is -1.08. The van der Waals surface area contributed by atoms with Crippen LogP contribution in [0.5, 0.6) is 5.75 Å². The second-order valence-electron chi connectivity index (χ2n) is 3.77. The van der Waals surface area contributed by atoms with Gasteiger partial charge in [0.2, 0.25) is 0 Å². The molecule has 98 valence electrons. The highest BCUT2D eigenvalue weighted by molar-refractivity contribution is 5.94. The van der Waals surface area contributed by atoms with Gasteiger partial charge in [-0.3, -0.25) is 4.79 Å². The molecule has 1 aromatic rings. The van der Waals surface area contributed by atoms with Gasteiger partial charge in [0.15, 0.2) is 6.10 Å². The third-order valence-corrected chi connectivity index (χ3v) is 2.47. The molecule has 18 heavy (non-hydrogen) atoms. The lowest BCUT2D eigenvalue weighted by Gasteiger charge is -2.11. The number of benzene rings is 1. The fourth-order valence-electron chi connectivity index (χ4n) is 1.36. The van der Waals surface area contributed by atoms with Crippen molar-refractivity contribution in [2.75, 3.05) is 13.7 Å². The summed E-state index contributed by atoms with van der Waals surface area (Å²) in [5.41, 5.74) is 0.926. The zero-order chi connectivity index (χ0) is 13.7. The predicted molar refractivity (Wildman–Crippen MR) is 63.6 cm³/mol. The van der Waals surface area contributed by atoms with Crippen LogP contribution in [0, 0.1) is 6.92 Å². The topological polar surface area (TPSA) is 95.9 Å². The van der Waals surface area contributed by atoms with Crippen LogP contribution in [-0.4, -0.2) is 41.8 Å². The second kappa shape index (κ2) is 6.02. The second-order valence-corrected chi connectivity index (χ2v) is 3.77. The number of phenolic OH excluding ortho intramolecular Hbond substituents is 1. The van der Waals surface area contributed by atoms with Gasteiger partial charge in [0.1, 0.15) is 5.75 Å². The first-order chi connectivity index (χ1) is 8.45. The molecule has 0 aliphatic heterocycles. The van der Waals surface area contributed by atoms with Crippen molar-refractivity contribution in [3.8, 4) is 5.75 Å². The lowest BCUT2D eigenvalue weighted by Crippen LogP contribution is -2.37. The summed E-state index contributed by atoms with van der Waals surface area (Å²) in [6, 6.07) is 4.39. The van der Waals surface area contributed by atoms with Crippen molar-refractivity contribution in [3.63, 3.8) is 0 Å². The molecular weight excluding hydrogens is 238 g/mol. The quantitative estimate of drug-likeness (QED) is 0.711. The molecule has 3 N–H and O–H groups in total. The Morgan fingerprint density at radius 2 is 2.11 bits per heavy atom. The molecule has 0 aromatic heterocycles. The van der Waals surface area contributed by atoms with Gasteiger partial charge in [0.25, 0.3) is 5.91 Å². The van der Waals surface area contributed by atoms with Gasteiger partial charge >= 0.3 is 5.97 Å². The third kappa shape index (κ3) is 3.46. The number of carbonyl (C=O) groups excluding carboxylic acids is 1. The number of amides is 1. The van der Waals surface area contributed by atoms with E-state index in [1.54, 1.807) is 6.92 Å². The summed E-state index contributed by atoms with van der Waals surface area (Å²) in [7, 11) is 1.26. The number of aromatic hydroxyl groups is 1. The Balaban J connectivity index is 2.65. The highest BCUT2D eigenvalue weighted by Crippen LogP contribution is 2.16. The van der Waals surface area contributed by atoms with Gasteiger partial charge < -0.3 is 20.3 Å². The normalized spacial score (nSPS) is 11.9. The summed E-state index contributed by atoms with van der Waals surface area (Å²) in [4.78, 5) is 22.4. The van der Waals surface area contributed by atoms with E-state index in [0.29, 0.717) is 11.1 Å². The minimum absolute atomic E-state index is 0.104. The fraction of sp³-hybridized carbons (Fsp3) is 0.333. The van der Waals surface area contributed by atoms with Crippen LogP contribution in [0.3, 0.4) is 0 Å². The molecule has 0 bridgehead atoms. The Bertz CT molecular complexity index is 458. The zero-order valence-electron chi connectivity index (χ0n) is 10.1. The Morgan fingerprint density at radius 1 is 1.44 bits per heavy atom. The number of carboxylic acids is 1. The minimum atomic E-state index is -1.14. The van der Waals surface area contributed by atoms with E-state index in [1.807, 2.05) is 0 Å². The largest absolute Gasteiger partial charge is 0.508 e. The third-order valence-electron chi connectivity index (χ3n) is 2.47. The number of ether oxygens (including phenoxy) is 1. The SMILES string of the molecule is COC(CNC(=O)c1ccc(O)c(C)c1)C(=O)O. The molecule has 0 saturated heterocycles. The summed E-state index contributed by atoms with van der Waals surface area (Å²) < 4.78 is 4.69. The number of carbonyl (C=O) groups is 2. The zero-order valence-corrected chi connectivity index (χ0v) is 10.1. The number of hydrogen-bond donors (Lipinski definition) is 3. The van der Waals surface area contributed by atoms with Crippen molar-refractivity contribution in [2.45, 2.75) is 13.0 Å². The average molecular weight is 253 g/mol. The smallest absolute Gasteiger partial charge is 0.334 e. The van der Waals surface area contributed by atoms with E-state index in [0.717, 1.165) is 0 Å². The monoisotopic (exact) mass is 253 g/mol.